The van der Waals surface area contributed by atoms with E-state index >= 15 is 0 Å². The Morgan fingerprint density at radius 1 is 0.891 bits per heavy atom. The Hall–Kier alpha value is -4.01. The van der Waals surface area contributed by atoms with Gasteiger partial charge in [-0.25, -0.2) is 9.59 Å². The first-order chi connectivity index (χ1) is 22.1. The molecule has 3 atom stereocenters. The number of piperazine rings is 1. The monoisotopic (exact) mass is 645 g/mol. The Morgan fingerprint density at radius 3 is 2.13 bits per heavy atom. The van der Waals surface area contributed by atoms with Crippen LogP contribution in [0.4, 0.5) is 22.4 Å². The molecule has 15 nitrogen and oxygen atoms in total. The number of piperidine rings is 1. The second-order valence-corrected chi connectivity index (χ2v) is 11.4. The number of carbonyl (C=O) groups excluding carboxylic acids is 5. The van der Waals surface area contributed by atoms with Gasteiger partial charge < -0.3 is 38.7 Å². The molecule has 3 aliphatic rings. The van der Waals surface area contributed by atoms with Crippen LogP contribution in [0.15, 0.2) is 0 Å². The number of hydrogen-bond acceptors (Lipinski definition) is 13. The highest BCUT2D eigenvalue weighted by Gasteiger charge is 2.52. The van der Waals surface area contributed by atoms with Crippen molar-refractivity contribution in [3.8, 4) is 0 Å². The highest BCUT2D eigenvalue weighted by atomic mass is 16.6. The Labute approximate surface area is 270 Å². The highest BCUT2D eigenvalue weighted by molar-refractivity contribution is 6.09. The Balaban J connectivity index is 1.40. The van der Waals surface area contributed by atoms with Crippen LogP contribution in [-0.4, -0.2) is 140 Å². The van der Waals surface area contributed by atoms with Crippen molar-refractivity contribution in [1.29, 1.82) is 0 Å². The molecule has 4 rings (SSSR count). The minimum Gasteiger partial charge on any atom is -0.449 e. The molecule has 0 radical (unpaired) electrons. The van der Waals surface area contributed by atoms with E-state index in [-0.39, 0.29) is 25.5 Å². The molecule has 254 valence electrons. The molecule has 0 saturated carbocycles. The summed E-state index contributed by atoms with van der Waals surface area (Å²) < 4.78 is 16.1. The number of esters is 1. The van der Waals surface area contributed by atoms with Gasteiger partial charge in [0, 0.05) is 65.5 Å². The van der Waals surface area contributed by atoms with Gasteiger partial charge >= 0.3 is 12.1 Å². The summed E-state index contributed by atoms with van der Waals surface area (Å²) in [5, 5.41) is 0. The summed E-state index contributed by atoms with van der Waals surface area (Å²) in [5.41, 5.74) is 0.449. The second-order valence-electron chi connectivity index (χ2n) is 11.4. The molecule has 1 aromatic rings. The lowest BCUT2D eigenvalue weighted by atomic mass is 9.95. The molecule has 2 amide bonds. The summed E-state index contributed by atoms with van der Waals surface area (Å²) >= 11 is 0. The number of ether oxygens (including phenoxy) is 3. The molecule has 0 bridgehead atoms. The maximum Gasteiger partial charge on any atom is 0.410 e. The summed E-state index contributed by atoms with van der Waals surface area (Å²) in [5.74, 6) is -0.337. The molecule has 3 saturated heterocycles. The number of aromatic nitrogens is 2. The molecule has 0 aliphatic carbocycles. The summed E-state index contributed by atoms with van der Waals surface area (Å²) in [6, 6.07) is -0.546. The van der Waals surface area contributed by atoms with Crippen LogP contribution >= 0.6 is 0 Å². The van der Waals surface area contributed by atoms with Crippen LogP contribution in [0, 0.1) is 0 Å². The molecule has 15 heteroatoms. The van der Waals surface area contributed by atoms with Crippen molar-refractivity contribution in [2.75, 3.05) is 86.8 Å². The number of carbonyl (C=O) groups is 5. The maximum atomic E-state index is 13.0. The summed E-state index contributed by atoms with van der Waals surface area (Å²) in [6.07, 6.45) is -1.95. The first-order valence-corrected chi connectivity index (χ1v) is 16.3. The highest BCUT2D eigenvalue weighted by Crippen LogP contribution is 2.32. The summed E-state index contributed by atoms with van der Waals surface area (Å²) in [4.78, 5) is 83.0. The van der Waals surface area contributed by atoms with Crippen molar-refractivity contribution in [3.63, 3.8) is 0 Å². The van der Waals surface area contributed by atoms with Gasteiger partial charge in [-0.3, -0.25) is 14.4 Å². The average Bonchev–Trinajstić information content (AvgIpc) is 3.55. The lowest BCUT2D eigenvalue weighted by molar-refractivity contribution is -0.178. The van der Waals surface area contributed by atoms with Crippen molar-refractivity contribution in [1.82, 2.24) is 19.8 Å². The predicted octanol–water partition coefficient (Wildman–Crippen LogP) is 1.52. The summed E-state index contributed by atoms with van der Waals surface area (Å²) in [7, 11) is 0. The standard InChI is InChI=1S/C31H47N7O8/c1-7-34(8-2)27-23(20(6)39)28(33-30(32-27)35(9-3)10-4)36-15-17-37(18-16-36)31(43)45-19-22(40)46-25-21-13-12-14-38(21)29(42)26(24(25)41)44-11-5/h21,25-26H,7-19H2,1-6H3. The van der Waals surface area contributed by atoms with Crippen LogP contribution in [0.1, 0.15) is 64.7 Å². The molecule has 0 aromatic carbocycles. The van der Waals surface area contributed by atoms with Gasteiger partial charge in [-0.1, -0.05) is 0 Å². The third-order valence-electron chi connectivity index (χ3n) is 8.76. The van der Waals surface area contributed by atoms with E-state index in [1.165, 1.54) is 16.7 Å². The topological polar surface area (TPSA) is 155 Å². The third kappa shape index (κ3) is 7.18. The molecule has 4 heterocycles. The van der Waals surface area contributed by atoms with Crippen molar-refractivity contribution < 1.29 is 38.2 Å². The largest absolute Gasteiger partial charge is 0.449 e. The molecule has 3 unspecified atom stereocenters. The third-order valence-corrected chi connectivity index (χ3v) is 8.76. The van der Waals surface area contributed by atoms with Crippen molar-refractivity contribution >= 4 is 47.1 Å². The zero-order chi connectivity index (χ0) is 33.5. The Bertz CT molecular complexity index is 1290. The van der Waals surface area contributed by atoms with Crippen molar-refractivity contribution in [2.45, 2.75) is 72.6 Å². The minimum atomic E-state index is -1.31. The molecule has 1 aromatic heterocycles. The zero-order valence-corrected chi connectivity index (χ0v) is 27.8. The first kappa shape index (κ1) is 34.9. The second kappa shape index (κ2) is 15.5. The quantitative estimate of drug-likeness (QED) is 0.173. The molecular weight excluding hydrogens is 598 g/mol. The minimum absolute atomic E-state index is 0.141. The molecule has 3 fully saturated rings. The molecule has 46 heavy (non-hydrogen) atoms. The van der Waals surface area contributed by atoms with Crippen LogP contribution in [-0.2, 0) is 28.6 Å². The smallest absolute Gasteiger partial charge is 0.410 e. The van der Waals surface area contributed by atoms with Crippen molar-refractivity contribution in [2.24, 2.45) is 0 Å². The summed E-state index contributed by atoms with van der Waals surface area (Å²) in [6.45, 7) is 15.3. The van der Waals surface area contributed by atoms with E-state index in [1.54, 1.807) is 6.92 Å². The Morgan fingerprint density at radius 2 is 1.54 bits per heavy atom. The van der Waals surface area contributed by atoms with E-state index in [9.17, 15) is 24.0 Å². The van der Waals surface area contributed by atoms with E-state index in [1.807, 2.05) is 42.4 Å². The number of ketones is 2. The number of Topliss-reactive ketones (excluding diaryl/α,β-unsaturated/α-hetero) is 2. The maximum absolute atomic E-state index is 13.0. The number of amides is 2. The van der Waals surface area contributed by atoms with E-state index in [0.29, 0.717) is 81.8 Å². The molecule has 0 spiro atoms. The molecular formula is C31H47N7O8. The predicted molar refractivity (Wildman–Crippen MR) is 169 cm³/mol. The van der Waals surface area contributed by atoms with Crippen LogP contribution in [0.25, 0.3) is 0 Å². The number of anilines is 3. The number of rotatable bonds is 13. The zero-order valence-electron chi connectivity index (χ0n) is 27.8. The van der Waals surface area contributed by atoms with Gasteiger partial charge in [-0.2, -0.15) is 9.97 Å². The normalized spacial score (nSPS) is 21.3. The van der Waals surface area contributed by atoms with Gasteiger partial charge in [0.25, 0.3) is 5.91 Å². The number of nitrogens with zero attached hydrogens (tertiary/aromatic N) is 7. The van der Waals surface area contributed by atoms with E-state index in [2.05, 4.69) is 0 Å². The van der Waals surface area contributed by atoms with E-state index < -0.39 is 48.6 Å². The molecule has 3 aliphatic heterocycles. The fourth-order valence-electron chi connectivity index (χ4n) is 6.31. The molecule has 0 N–H and O–H groups in total. The number of hydrogen-bond donors (Lipinski definition) is 0. The average molecular weight is 646 g/mol. The van der Waals surface area contributed by atoms with Gasteiger partial charge in [0.05, 0.1) is 6.04 Å². The van der Waals surface area contributed by atoms with E-state index in [0.717, 1.165) is 0 Å². The van der Waals surface area contributed by atoms with Crippen LogP contribution in [0.2, 0.25) is 0 Å². The first-order valence-electron chi connectivity index (χ1n) is 16.3. The van der Waals surface area contributed by atoms with Gasteiger partial charge in [0.1, 0.15) is 17.2 Å². The lowest BCUT2D eigenvalue weighted by Gasteiger charge is -2.38. The van der Waals surface area contributed by atoms with Gasteiger partial charge in [-0.15, -0.1) is 0 Å². The Kier molecular flexibility index (Phi) is 11.8. The van der Waals surface area contributed by atoms with Crippen LogP contribution in [0.3, 0.4) is 0 Å². The fraction of sp³-hybridized carbons (Fsp3) is 0.710. The number of fused-ring (bicyclic) bond motifs is 1. The van der Waals surface area contributed by atoms with Crippen LogP contribution < -0.4 is 14.7 Å². The fourth-order valence-corrected chi connectivity index (χ4v) is 6.31. The van der Waals surface area contributed by atoms with Crippen LogP contribution in [0.5, 0.6) is 0 Å². The lowest BCUT2D eigenvalue weighted by Crippen LogP contribution is -2.62. The van der Waals surface area contributed by atoms with Gasteiger partial charge in [0.2, 0.25) is 11.7 Å². The van der Waals surface area contributed by atoms with E-state index in [4.69, 9.17) is 24.2 Å². The van der Waals surface area contributed by atoms with Gasteiger partial charge in [0.15, 0.2) is 24.6 Å². The SMILES string of the molecule is CCOC1C(=O)C(OC(=O)COC(=O)N2CCN(c3nc(N(CC)CC)nc(N(CC)CC)c3C(C)=O)CC2)C2CCCN2C1=O. The van der Waals surface area contributed by atoms with Gasteiger partial charge in [-0.05, 0) is 54.4 Å². The van der Waals surface area contributed by atoms with Crippen molar-refractivity contribution in [3.05, 3.63) is 5.56 Å².